The maximum Gasteiger partial charge on any atom is 0.326 e. The number of carbonyl (C=O) groups is 6. The lowest BCUT2D eigenvalue weighted by atomic mass is 9.97. The Morgan fingerprint density at radius 2 is 1.45 bits per heavy atom. The zero-order valence-corrected chi connectivity index (χ0v) is 18.1. The number of carbonyl (C=O) groups excluding carboxylic acids is 4. The number of hydrogen-bond acceptors (Lipinski definition) is 8. The molecule has 5 unspecified atom stereocenters. The second-order valence-corrected chi connectivity index (χ2v) is 7.25. The number of nitrogens with one attached hydrogen (secondary N) is 3. The molecule has 9 N–H and O–H groups in total. The van der Waals surface area contributed by atoms with Crippen molar-refractivity contribution in [3.05, 3.63) is 0 Å². The van der Waals surface area contributed by atoms with E-state index in [1.54, 1.807) is 13.8 Å². The number of aliphatic carboxylic acids is 2. The molecule has 0 aromatic rings. The highest BCUT2D eigenvalue weighted by Gasteiger charge is 2.33. The summed E-state index contributed by atoms with van der Waals surface area (Å²) in [4.78, 5) is 70.6. The third-order valence-electron chi connectivity index (χ3n) is 4.36. The van der Waals surface area contributed by atoms with E-state index in [1.165, 1.54) is 0 Å². The smallest absolute Gasteiger partial charge is 0.326 e. The Morgan fingerprint density at radius 1 is 0.903 bits per heavy atom. The summed E-state index contributed by atoms with van der Waals surface area (Å²) in [6.45, 7) is 3.40. The zero-order valence-electron chi connectivity index (χ0n) is 17.2. The molecule has 0 bridgehead atoms. The molecule has 0 saturated heterocycles. The first-order chi connectivity index (χ1) is 14.3. The van der Waals surface area contributed by atoms with E-state index < -0.39 is 78.5 Å². The van der Waals surface area contributed by atoms with E-state index in [0.29, 0.717) is 6.42 Å². The van der Waals surface area contributed by atoms with Crippen molar-refractivity contribution < 1.29 is 39.0 Å². The van der Waals surface area contributed by atoms with E-state index >= 15 is 0 Å². The van der Waals surface area contributed by atoms with Crippen LogP contribution in [0.1, 0.15) is 33.1 Å². The Bertz CT molecular complexity index is 704. The molecule has 176 valence electrons. The molecule has 0 aliphatic heterocycles. The number of amides is 4. The van der Waals surface area contributed by atoms with E-state index in [9.17, 15) is 28.8 Å². The minimum Gasteiger partial charge on any atom is -0.481 e. The quantitative estimate of drug-likeness (QED) is 0.124. The van der Waals surface area contributed by atoms with Crippen LogP contribution in [-0.2, 0) is 28.8 Å². The molecule has 0 heterocycles. The lowest BCUT2D eigenvalue weighted by Gasteiger charge is -2.27. The van der Waals surface area contributed by atoms with Gasteiger partial charge in [0.25, 0.3) is 0 Å². The van der Waals surface area contributed by atoms with Crippen LogP contribution >= 0.6 is 12.6 Å². The normalized spacial score (nSPS) is 15.5. The summed E-state index contributed by atoms with van der Waals surface area (Å²) < 4.78 is 0. The molecule has 0 saturated carbocycles. The van der Waals surface area contributed by atoms with Crippen molar-refractivity contribution in [3.63, 3.8) is 0 Å². The molecule has 31 heavy (non-hydrogen) atoms. The fourth-order valence-corrected chi connectivity index (χ4v) is 2.53. The molecule has 4 amide bonds. The molecule has 0 spiro atoms. The summed E-state index contributed by atoms with van der Waals surface area (Å²) in [5, 5.41) is 24.8. The standard InChI is InChI=1S/C17H29N5O8S/c1-3-7(2)13(22-14(26)8(18)6-31)16(28)20-9(5-12(24)25)15(27)21-10(17(29)30)4-11(19)23/h7-10,13,31H,3-6,18H2,1-2H3,(H2,19,23)(H,20,28)(H,21,27)(H,22,26)(H,24,25)(H,29,30). The van der Waals surface area contributed by atoms with Crippen LogP contribution in [0.4, 0.5) is 0 Å². The molecule has 13 nitrogen and oxygen atoms in total. The predicted molar refractivity (Wildman–Crippen MR) is 111 cm³/mol. The average Bonchev–Trinajstić information content (AvgIpc) is 2.68. The van der Waals surface area contributed by atoms with Crippen molar-refractivity contribution in [1.29, 1.82) is 0 Å². The summed E-state index contributed by atoms with van der Waals surface area (Å²) in [6.07, 6.45) is -1.16. The highest BCUT2D eigenvalue weighted by Crippen LogP contribution is 2.10. The van der Waals surface area contributed by atoms with Crippen molar-refractivity contribution in [2.75, 3.05) is 5.75 Å². The number of carboxylic acids is 2. The van der Waals surface area contributed by atoms with Gasteiger partial charge in [0.15, 0.2) is 0 Å². The van der Waals surface area contributed by atoms with Gasteiger partial charge >= 0.3 is 11.9 Å². The summed E-state index contributed by atoms with van der Waals surface area (Å²) in [5.41, 5.74) is 10.5. The average molecular weight is 464 g/mol. The van der Waals surface area contributed by atoms with Crippen LogP contribution in [0.2, 0.25) is 0 Å². The van der Waals surface area contributed by atoms with Gasteiger partial charge in [0, 0.05) is 5.75 Å². The largest absolute Gasteiger partial charge is 0.481 e. The van der Waals surface area contributed by atoms with Gasteiger partial charge in [-0.3, -0.25) is 24.0 Å². The summed E-state index contributed by atoms with van der Waals surface area (Å²) in [6, 6.07) is -5.53. The van der Waals surface area contributed by atoms with Gasteiger partial charge in [0.2, 0.25) is 23.6 Å². The van der Waals surface area contributed by atoms with Crippen molar-refractivity contribution in [1.82, 2.24) is 16.0 Å². The van der Waals surface area contributed by atoms with Crippen LogP contribution in [0.15, 0.2) is 0 Å². The van der Waals surface area contributed by atoms with Crippen LogP contribution in [0.3, 0.4) is 0 Å². The van der Waals surface area contributed by atoms with Crippen LogP contribution in [0, 0.1) is 5.92 Å². The number of nitrogens with two attached hydrogens (primary N) is 2. The van der Waals surface area contributed by atoms with Gasteiger partial charge in [-0.05, 0) is 5.92 Å². The number of rotatable bonds is 14. The van der Waals surface area contributed by atoms with Crippen LogP contribution in [0.25, 0.3) is 0 Å². The first-order valence-corrected chi connectivity index (χ1v) is 9.97. The van der Waals surface area contributed by atoms with Crippen molar-refractivity contribution in [2.45, 2.75) is 57.3 Å². The van der Waals surface area contributed by atoms with Gasteiger partial charge in [0.1, 0.15) is 18.1 Å². The monoisotopic (exact) mass is 463 g/mol. The van der Waals surface area contributed by atoms with Gasteiger partial charge in [0.05, 0.1) is 18.9 Å². The van der Waals surface area contributed by atoms with Crippen LogP contribution in [-0.4, -0.2) is 75.7 Å². The molecule has 0 aliphatic rings. The lowest BCUT2D eigenvalue weighted by Crippen LogP contribution is -2.59. The van der Waals surface area contributed by atoms with E-state index in [4.69, 9.17) is 21.7 Å². The summed E-state index contributed by atoms with van der Waals surface area (Å²) >= 11 is 3.91. The number of hydrogen-bond donors (Lipinski definition) is 8. The molecule has 0 radical (unpaired) electrons. The highest BCUT2D eigenvalue weighted by molar-refractivity contribution is 7.80. The van der Waals surface area contributed by atoms with Crippen molar-refractivity contribution in [2.24, 2.45) is 17.4 Å². The van der Waals surface area contributed by atoms with Gasteiger partial charge in [-0.15, -0.1) is 0 Å². The molecule has 0 aliphatic carbocycles. The molecular weight excluding hydrogens is 434 g/mol. The van der Waals surface area contributed by atoms with Crippen LogP contribution in [0.5, 0.6) is 0 Å². The van der Waals surface area contributed by atoms with Gasteiger partial charge in [-0.2, -0.15) is 12.6 Å². The second kappa shape index (κ2) is 13.4. The molecule has 0 fully saturated rings. The molecule has 0 aromatic heterocycles. The zero-order chi connectivity index (χ0) is 24.3. The fourth-order valence-electron chi connectivity index (χ4n) is 2.36. The van der Waals surface area contributed by atoms with E-state index in [-0.39, 0.29) is 5.75 Å². The lowest BCUT2D eigenvalue weighted by molar-refractivity contribution is -0.145. The van der Waals surface area contributed by atoms with E-state index in [0.717, 1.165) is 0 Å². The summed E-state index contributed by atoms with van der Waals surface area (Å²) in [5.74, 6) is -7.11. The minimum atomic E-state index is -1.71. The first kappa shape index (κ1) is 28.1. The molecule has 0 rings (SSSR count). The Balaban J connectivity index is 5.56. The van der Waals surface area contributed by atoms with E-state index in [2.05, 4.69) is 23.3 Å². The van der Waals surface area contributed by atoms with Crippen LogP contribution < -0.4 is 27.4 Å². The Labute approximate surface area is 184 Å². The minimum absolute atomic E-state index is 0.0150. The Kier molecular flexibility index (Phi) is 12.2. The third-order valence-corrected chi connectivity index (χ3v) is 4.75. The molecule has 5 atom stereocenters. The Morgan fingerprint density at radius 3 is 1.87 bits per heavy atom. The van der Waals surface area contributed by atoms with Gasteiger partial charge < -0.3 is 37.6 Å². The van der Waals surface area contributed by atoms with E-state index in [1.807, 2.05) is 5.32 Å². The maximum absolute atomic E-state index is 12.7. The number of thiol groups is 1. The Hall–Kier alpha value is -2.87. The predicted octanol–water partition coefficient (Wildman–Crippen LogP) is -2.82. The van der Waals surface area contributed by atoms with Gasteiger partial charge in [-0.1, -0.05) is 20.3 Å². The highest BCUT2D eigenvalue weighted by atomic mass is 32.1. The SMILES string of the molecule is CCC(C)C(NC(=O)C(N)CS)C(=O)NC(CC(=O)O)C(=O)NC(CC(N)=O)C(=O)O. The molecular formula is C17H29N5O8S. The first-order valence-electron chi connectivity index (χ1n) is 9.34. The maximum atomic E-state index is 12.7. The van der Waals surface area contributed by atoms with Crippen molar-refractivity contribution in [3.8, 4) is 0 Å². The molecule has 14 heteroatoms. The van der Waals surface area contributed by atoms with Gasteiger partial charge in [-0.25, -0.2) is 4.79 Å². The topological polar surface area (TPSA) is 231 Å². The third kappa shape index (κ3) is 10.1. The van der Waals surface area contributed by atoms with Crippen molar-refractivity contribution >= 4 is 48.2 Å². The second-order valence-electron chi connectivity index (χ2n) is 6.89. The fraction of sp³-hybridized carbons (Fsp3) is 0.647. The number of carboxylic acid groups (broad SMARTS) is 2. The molecule has 0 aromatic carbocycles. The number of primary amides is 1. The summed E-state index contributed by atoms with van der Waals surface area (Å²) in [7, 11) is 0.